The summed E-state index contributed by atoms with van der Waals surface area (Å²) >= 11 is 6.14. The monoisotopic (exact) mass is 527 g/mol. The number of hydrogen-bond acceptors (Lipinski definition) is 7. The highest BCUT2D eigenvalue weighted by atomic mass is 35.5. The normalized spacial score (nSPS) is 18.2. The quantitative estimate of drug-likeness (QED) is 0.362. The molecule has 0 spiro atoms. The number of hydrogen-bond donors (Lipinski definition) is 0. The van der Waals surface area contributed by atoms with Crippen molar-refractivity contribution < 1.29 is 9.18 Å². The first-order valence-corrected chi connectivity index (χ1v) is 12.7. The number of carbonyl (C=O) groups is 1. The average molecular weight is 528 g/mol. The van der Waals surface area contributed by atoms with E-state index in [1.807, 2.05) is 46.4 Å². The Bertz CT molecular complexity index is 1410. The summed E-state index contributed by atoms with van der Waals surface area (Å²) in [6, 6.07) is 0.867. The van der Waals surface area contributed by atoms with Gasteiger partial charge in [-0.15, -0.1) is 0 Å². The third kappa shape index (κ3) is 4.70. The molecule has 3 aromatic heterocycles. The van der Waals surface area contributed by atoms with Crippen LogP contribution in [0.5, 0.6) is 0 Å². The molecule has 1 aliphatic heterocycles. The Hall–Kier alpha value is -3.40. The smallest absolute Gasteiger partial charge is 0.349 e. The zero-order valence-electron chi connectivity index (χ0n) is 21.9. The Kier molecular flexibility index (Phi) is 7.32. The first-order valence-electron chi connectivity index (χ1n) is 12.3. The van der Waals surface area contributed by atoms with Gasteiger partial charge in [-0.3, -0.25) is 4.79 Å². The summed E-state index contributed by atoms with van der Waals surface area (Å²) in [4.78, 5) is 47.4. The van der Waals surface area contributed by atoms with E-state index in [0.717, 1.165) is 0 Å². The highest BCUT2D eigenvalue weighted by molar-refractivity contribution is 6.30. The number of anilines is 1. The number of piperazine rings is 1. The van der Waals surface area contributed by atoms with Crippen molar-refractivity contribution in [3.8, 4) is 5.69 Å². The SMILES string of the molecule is C=CC(=O)N1C[C@H](C)N(c2nc(=O)n(-c3c(C(C)C)ncnc3C(C)C)c3nc(Cl)c(F)cc23)C[C@@H]1C. The van der Waals surface area contributed by atoms with Crippen molar-refractivity contribution in [2.24, 2.45) is 0 Å². The number of pyridine rings is 1. The van der Waals surface area contributed by atoms with Crippen LogP contribution in [0.15, 0.2) is 29.8 Å². The van der Waals surface area contributed by atoms with Crippen LogP contribution in [0.2, 0.25) is 5.15 Å². The fourth-order valence-electron chi connectivity index (χ4n) is 4.83. The van der Waals surface area contributed by atoms with Crippen LogP contribution in [-0.2, 0) is 4.79 Å². The van der Waals surface area contributed by atoms with E-state index in [9.17, 15) is 14.0 Å². The van der Waals surface area contributed by atoms with Crippen LogP contribution in [0.4, 0.5) is 10.2 Å². The number of carbonyl (C=O) groups excluding carboxylic acids is 1. The fraction of sp³-hybridized carbons (Fsp3) is 0.462. The molecule has 3 aromatic rings. The summed E-state index contributed by atoms with van der Waals surface area (Å²) < 4.78 is 16.2. The van der Waals surface area contributed by atoms with Gasteiger partial charge in [0.15, 0.2) is 16.6 Å². The van der Waals surface area contributed by atoms with Crippen LogP contribution in [-0.4, -0.2) is 60.5 Å². The summed E-state index contributed by atoms with van der Waals surface area (Å²) in [5.74, 6) is -0.675. The molecule has 0 unspecified atom stereocenters. The van der Waals surface area contributed by atoms with Crippen LogP contribution in [0.3, 0.4) is 0 Å². The maximum Gasteiger partial charge on any atom is 0.355 e. The standard InChI is InChI=1S/C26H31ClFN7O2/c1-8-19(36)33-10-16(7)34(11-15(33)6)24-17-9-18(28)23(27)31-25(17)35(26(37)32-24)22-20(13(2)3)29-12-30-21(22)14(4)5/h8-9,12-16H,1,10-11H2,2-7H3/t15-,16-/m0/s1. The highest BCUT2D eigenvalue weighted by Gasteiger charge is 2.34. The molecule has 1 amide bonds. The maximum absolute atomic E-state index is 14.8. The lowest BCUT2D eigenvalue weighted by Crippen LogP contribution is -2.58. The third-order valence-electron chi connectivity index (χ3n) is 6.67. The molecule has 37 heavy (non-hydrogen) atoms. The van der Waals surface area contributed by atoms with Gasteiger partial charge in [-0.25, -0.2) is 28.7 Å². The lowest BCUT2D eigenvalue weighted by molar-refractivity contribution is -0.128. The number of rotatable bonds is 5. The second kappa shape index (κ2) is 10.2. The molecule has 1 saturated heterocycles. The van der Waals surface area contributed by atoms with Gasteiger partial charge in [0.1, 0.15) is 12.1 Å². The molecule has 0 aliphatic carbocycles. The van der Waals surface area contributed by atoms with E-state index in [4.69, 9.17) is 11.6 Å². The van der Waals surface area contributed by atoms with E-state index in [-0.39, 0.29) is 40.6 Å². The van der Waals surface area contributed by atoms with Gasteiger partial charge in [-0.1, -0.05) is 45.9 Å². The van der Waals surface area contributed by atoms with Crippen LogP contribution in [0, 0.1) is 5.82 Å². The highest BCUT2D eigenvalue weighted by Crippen LogP contribution is 2.33. The molecule has 0 saturated carbocycles. The Morgan fingerprint density at radius 3 is 2.30 bits per heavy atom. The zero-order chi connectivity index (χ0) is 27.2. The first kappa shape index (κ1) is 26.7. The van der Waals surface area contributed by atoms with E-state index in [1.54, 1.807) is 4.90 Å². The van der Waals surface area contributed by atoms with Gasteiger partial charge in [0.25, 0.3) is 0 Å². The summed E-state index contributed by atoms with van der Waals surface area (Å²) in [7, 11) is 0. The summed E-state index contributed by atoms with van der Waals surface area (Å²) in [6.45, 7) is 16.1. The van der Waals surface area contributed by atoms with Gasteiger partial charge in [0.2, 0.25) is 5.91 Å². The molecule has 0 bridgehead atoms. The Morgan fingerprint density at radius 2 is 1.73 bits per heavy atom. The fourth-order valence-corrected chi connectivity index (χ4v) is 4.97. The minimum absolute atomic E-state index is 0.0376. The largest absolute Gasteiger partial charge is 0.355 e. The van der Waals surface area contributed by atoms with Crippen molar-refractivity contribution in [3.05, 3.63) is 57.9 Å². The van der Waals surface area contributed by atoms with Crippen LogP contribution in [0.25, 0.3) is 16.7 Å². The summed E-state index contributed by atoms with van der Waals surface area (Å²) in [5, 5.41) is -0.0213. The minimum atomic E-state index is -0.721. The van der Waals surface area contributed by atoms with Gasteiger partial charge in [-0.05, 0) is 37.8 Å². The molecule has 1 fully saturated rings. The number of fused-ring (bicyclic) bond motifs is 1. The van der Waals surface area contributed by atoms with Crippen molar-refractivity contribution in [2.75, 3.05) is 18.0 Å². The van der Waals surface area contributed by atoms with Gasteiger partial charge in [0.05, 0.1) is 22.5 Å². The average Bonchev–Trinajstić information content (AvgIpc) is 2.85. The zero-order valence-corrected chi connectivity index (χ0v) is 22.6. The number of amides is 1. The lowest BCUT2D eigenvalue weighted by Gasteiger charge is -2.44. The molecule has 11 heteroatoms. The molecular formula is C26H31ClFN7O2. The maximum atomic E-state index is 14.8. The Labute approximate surface area is 220 Å². The van der Waals surface area contributed by atoms with E-state index < -0.39 is 11.5 Å². The number of aromatic nitrogens is 5. The molecular weight excluding hydrogens is 497 g/mol. The van der Waals surface area contributed by atoms with Gasteiger partial charge in [-0.2, -0.15) is 4.98 Å². The lowest BCUT2D eigenvalue weighted by atomic mass is 10.0. The van der Waals surface area contributed by atoms with E-state index in [1.165, 1.54) is 23.0 Å². The van der Waals surface area contributed by atoms with E-state index in [2.05, 4.69) is 26.5 Å². The predicted molar refractivity (Wildman–Crippen MR) is 142 cm³/mol. The van der Waals surface area contributed by atoms with Gasteiger partial charge in [0, 0.05) is 25.2 Å². The molecule has 4 rings (SSSR count). The predicted octanol–water partition coefficient (Wildman–Crippen LogP) is 4.22. The molecule has 9 nitrogen and oxygen atoms in total. The van der Waals surface area contributed by atoms with E-state index >= 15 is 0 Å². The molecule has 0 aromatic carbocycles. The van der Waals surface area contributed by atoms with Crippen molar-refractivity contribution in [1.29, 1.82) is 0 Å². The van der Waals surface area contributed by atoms with Crippen LogP contribution >= 0.6 is 11.6 Å². The second-order valence-corrected chi connectivity index (χ2v) is 10.4. The first-order chi connectivity index (χ1) is 17.5. The van der Waals surface area contributed by atoms with Crippen molar-refractivity contribution in [3.63, 3.8) is 0 Å². The summed E-state index contributed by atoms with van der Waals surface area (Å²) in [6.07, 6.45) is 2.77. The van der Waals surface area contributed by atoms with Crippen molar-refractivity contribution in [2.45, 2.75) is 65.5 Å². The molecule has 0 radical (unpaired) electrons. The van der Waals surface area contributed by atoms with Crippen molar-refractivity contribution >= 4 is 34.4 Å². The van der Waals surface area contributed by atoms with Crippen LogP contribution in [0.1, 0.15) is 64.8 Å². The Morgan fingerprint density at radius 1 is 1.11 bits per heavy atom. The van der Waals surface area contributed by atoms with Crippen molar-refractivity contribution in [1.82, 2.24) is 29.4 Å². The van der Waals surface area contributed by atoms with Crippen LogP contribution < -0.4 is 10.6 Å². The summed E-state index contributed by atoms with van der Waals surface area (Å²) in [5.41, 5.74) is 1.36. The molecule has 1 aliphatic rings. The Balaban J connectivity index is 2.01. The topological polar surface area (TPSA) is 97.1 Å². The van der Waals surface area contributed by atoms with E-state index in [0.29, 0.717) is 41.4 Å². The number of nitrogens with zero attached hydrogens (tertiary/aromatic N) is 7. The van der Waals surface area contributed by atoms with Gasteiger partial charge < -0.3 is 9.80 Å². The third-order valence-corrected chi connectivity index (χ3v) is 6.94. The second-order valence-electron chi connectivity index (χ2n) is 10.0. The molecule has 2 atom stereocenters. The number of halogens is 2. The molecule has 4 heterocycles. The molecule has 196 valence electrons. The molecule has 0 N–H and O–H groups in total. The minimum Gasteiger partial charge on any atom is -0.349 e. The van der Waals surface area contributed by atoms with Gasteiger partial charge >= 0.3 is 5.69 Å².